The molecule has 0 spiro atoms. The minimum absolute atomic E-state index is 0.258. The van der Waals surface area contributed by atoms with Gasteiger partial charge in [-0.1, -0.05) is 18.6 Å². The highest BCUT2D eigenvalue weighted by Gasteiger charge is 2.18. The number of aromatic nitrogens is 1. The van der Waals surface area contributed by atoms with E-state index in [9.17, 15) is 8.42 Å². The zero-order chi connectivity index (χ0) is 16.3. The van der Waals surface area contributed by atoms with Crippen molar-refractivity contribution in [3.8, 4) is 0 Å². The maximum Gasteiger partial charge on any atom is 0.242 e. The van der Waals surface area contributed by atoms with Crippen LogP contribution >= 0.6 is 0 Å². The van der Waals surface area contributed by atoms with E-state index in [2.05, 4.69) is 14.6 Å². The predicted octanol–water partition coefficient (Wildman–Crippen LogP) is 2.31. The standard InChI is InChI=1S/C17H23N3O2S/c1-14-12-15-6-5-7-16(17(15)18-13-14)23(21,22)19-8-11-20-9-3-2-4-10-20/h5-7,12-13,19H,2-4,8-11H2,1H3. The third kappa shape index (κ3) is 3.88. The fourth-order valence-electron chi connectivity index (χ4n) is 3.06. The topological polar surface area (TPSA) is 62.3 Å². The molecule has 1 aliphatic rings. The molecule has 2 aromatic rings. The SMILES string of the molecule is Cc1cnc2c(S(=O)(=O)NCCN3CCCCC3)cccc2c1. The molecule has 1 aromatic heterocycles. The first-order valence-corrected chi connectivity index (χ1v) is 9.62. The first-order chi connectivity index (χ1) is 11.1. The number of aryl methyl sites for hydroxylation is 1. The second-order valence-corrected chi connectivity index (χ2v) is 7.88. The first-order valence-electron chi connectivity index (χ1n) is 8.14. The number of para-hydroxylation sites is 1. The van der Waals surface area contributed by atoms with E-state index < -0.39 is 10.0 Å². The summed E-state index contributed by atoms with van der Waals surface area (Å²) in [5, 5.41) is 0.851. The Morgan fingerprint density at radius 2 is 2.00 bits per heavy atom. The van der Waals surface area contributed by atoms with Gasteiger partial charge in [0.25, 0.3) is 0 Å². The molecule has 2 heterocycles. The smallest absolute Gasteiger partial charge is 0.242 e. The fourth-order valence-corrected chi connectivity index (χ4v) is 4.26. The highest BCUT2D eigenvalue weighted by molar-refractivity contribution is 7.89. The summed E-state index contributed by atoms with van der Waals surface area (Å²) in [5.74, 6) is 0. The summed E-state index contributed by atoms with van der Waals surface area (Å²) in [7, 11) is -3.54. The van der Waals surface area contributed by atoms with Crippen LogP contribution in [-0.4, -0.2) is 44.5 Å². The van der Waals surface area contributed by atoms with E-state index in [1.54, 1.807) is 18.3 Å². The van der Waals surface area contributed by atoms with Gasteiger partial charge in [-0.2, -0.15) is 0 Å². The van der Waals surface area contributed by atoms with Gasteiger partial charge < -0.3 is 4.90 Å². The van der Waals surface area contributed by atoms with Crippen LogP contribution in [0.25, 0.3) is 10.9 Å². The van der Waals surface area contributed by atoms with Crippen molar-refractivity contribution < 1.29 is 8.42 Å². The molecule has 1 aromatic carbocycles. The number of benzene rings is 1. The Labute approximate surface area is 137 Å². The van der Waals surface area contributed by atoms with Gasteiger partial charge in [0.2, 0.25) is 10.0 Å². The van der Waals surface area contributed by atoms with Gasteiger partial charge in [-0.15, -0.1) is 0 Å². The molecule has 1 fully saturated rings. The monoisotopic (exact) mass is 333 g/mol. The lowest BCUT2D eigenvalue weighted by Gasteiger charge is -2.26. The van der Waals surface area contributed by atoms with Crippen molar-refractivity contribution in [2.75, 3.05) is 26.2 Å². The van der Waals surface area contributed by atoms with E-state index in [-0.39, 0.29) is 4.90 Å². The van der Waals surface area contributed by atoms with Crippen LogP contribution in [0.1, 0.15) is 24.8 Å². The van der Waals surface area contributed by atoms with Gasteiger partial charge in [0, 0.05) is 24.7 Å². The number of likely N-dealkylation sites (tertiary alicyclic amines) is 1. The van der Waals surface area contributed by atoms with Crippen LogP contribution in [-0.2, 0) is 10.0 Å². The minimum atomic E-state index is -3.54. The number of fused-ring (bicyclic) bond motifs is 1. The predicted molar refractivity (Wildman–Crippen MR) is 92.0 cm³/mol. The molecule has 23 heavy (non-hydrogen) atoms. The number of piperidine rings is 1. The lowest BCUT2D eigenvalue weighted by Crippen LogP contribution is -2.37. The normalized spacial score (nSPS) is 16.7. The first kappa shape index (κ1) is 16.4. The molecule has 1 N–H and O–H groups in total. The van der Waals surface area contributed by atoms with Crippen molar-refractivity contribution in [3.05, 3.63) is 36.0 Å². The summed E-state index contributed by atoms with van der Waals surface area (Å²) in [6, 6.07) is 7.23. The van der Waals surface area contributed by atoms with E-state index in [1.165, 1.54) is 19.3 Å². The van der Waals surface area contributed by atoms with E-state index in [1.807, 2.05) is 19.1 Å². The van der Waals surface area contributed by atoms with E-state index in [0.29, 0.717) is 12.1 Å². The van der Waals surface area contributed by atoms with Crippen molar-refractivity contribution in [1.29, 1.82) is 0 Å². The summed E-state index contributed by atoms with van der Waals surface area (Å²) in [4.78, 5) is 6.89. The molecule has 6 heteroatoms. The summed E-state index contributed by atoms with van der Waals surface area (Å²) in [6.07, 6.45) is 5.40. The zero-order valence-electron chi connectivity index (χ0n) is 13.5. The summed E-state index contributed by atoms with van der Waals surface area (Å²) < 4.78 is 27.9. The van der Waals surface area contributed by atoms with Gasteiger partial charge in [0.1, 0.15) is 4.90 Å². The number of pyridine rings is 1. The number of hydrogen-bond donors (Lipinski definition) is 1. The molecular formula is C17H23N3O2S. The van der Waals surface area contributed by atoms with Crippen LogP contribution in [0.15, 0.2) is 35.4 Å². The van der Waals surface area contributed by atoms with E-state index in [0.717, 1.165) is 30.6 Å². The minimum Gasteiger partial charge on any atom is -0.302 e. The van der Waals surface area contributed by atoms with Crippen molar-refractivity contribution >= 4 is 20.9 Å². The van der Waals surface area contributed by atoms with Gasteiger partial charge in [0.05, 0.1) is 5.52 Å². The number of hydrogen-bond acceptors (Lipinski definition) is 4. The average molecular weight is 333 g/mol. The molecule has 0 bridgehead atoms. The Kier molecular flexibility index (Phi) is 4.94. The Bertz CT molecular complexity index is 784. The van der Waals surface area contributed by atoms with Crippen LogP contribution in [0.3, 0.4) is 0 Å². The van der Waals surface area contributed by atoms with Gasteiger partial charge in [-0.05, 0) is 50.6 Å². The largest absolute Gasteiger partial charge is 0.302 e. The fraction of sp³-hybridized carbons (Fsp3) is 0.471. The van der Waals surface area contributed by atoms with Crippen LogP contribution in [0, 0.1) is 6.92 Å². The molecule has 5 nitrogen and oxygen atoms in total. The molecular weight excluding hydrogens is 310 g/mol. The van der Waals surface area contributed by atoms with E-state index in [4.69, 9.17) is 0 Å². The van der Waals surface area contributed by atoms with Crippen LogP contribution in [0.2, 0.25) is 0 Å². The maximum absolute atomic E-state index is 12.6. The van der Waals surface area contributed by atoms with Gasteiger partial charge in [-0.3, -0.25) is 4.98 Å². The van der Waals surface area contributed by atoms with Crippen molar-refractivity contribution in [2.45, 2.75) is 31.1 Å². The highest BCUT2D eigenvalue weighted by Crippen LogP contribution is 2.21. The van der Waals surface area contributed by atoms with Gasteiger partial charge in [0.15, 0.2) is 0 Å². The van der Waals surface area contributed by atoms with Crippen molar-refractivity contribution in [2.24, 2.45) is 0 Å². The number of sulfonamides is 1. The van der Waals surface area contributed by atoms with Crippen molar-refractivity contribution in [3.63, 3.8) is 0 Å². The maximum atomic E-state index is 12.6. The Hall–Kier alpha value is -1.50. The van der Waals surface area contributed by atoms with Gasteiger partial charge >= 0.3 is 0 Å². The van der Waals surface area contributed by atoms with Crippen LogP contribution in [0.5, 0.6) is 0 Å². The molecule has 0 unspecified atom stereocenters. The van der Waals surface area contributed by atoms with Gasteiger partial charge in [-0.25, -0.2) is 13.1 Å². The Balaban J connectivity index is 1.74. The molecule has 3 rings (SSSR count). The summed E-state index contributed by atoms with van der Waals surface area (Å²) in [5.41, 5.74) is 1.55. The molecule has 0 saturated carbocycles. The third-order valence-corrected chi connectivity index (χ3v) is 5.76. The summed E-state index contributed by atoms with van der Waals surface area (Å²) in [6.45, 7) is 5.28. The molecule has 1 saturated heterocycles. The molecule has 1 aliphatic heterocycles. The average Bonchev–Trinajstić information content (AvgIpc) is 2.55. The molecule has 0 aliphatic carbocycles. The van der Waals surface area contributed by atoms with Crippen LogP contribution in [0.4, 0.5) is 0 Å². The molecule has 124 valence electrons. The molecule has 0 amide bonds. The lowest BCUT2D eigenvalue weighted by molar-refractivity contribution is 0.233. The quantitative estimate of drug-likeness (QED) is 0.912. The summed E-state index contributed by atoms with van der Waals surface area (Å²) >= 11 is 0. The molecule has 0 atom stereocenters. The Morgan fingerprint density at radius 3 is 2.78 bits per heavy atom. The number of nitrogens with one attached hydrogen (secondary N) is 1. The van der Waals surface area contributed by atoms with E-state index >= 15 is 0 Å². The second-order valence-electron chi connectivity index (χ2n) is 6.14. The lowest BCUT2D eigenvalue weighted by atomic mass is 10.1. The zero-order valence-corrected chi connectivity index (χ0v) is 14.3. The number of rotatable bonds is 5. The van der Waals surface area contributed by atoms with Crippen molar-refractivity contribution in [1.82, 2.24) is 14.6 Å². The second kappa shape index (κ2) is 6.95. The van der Waals surface area contributed by atoms with Crippen LogP contribution < -0.4 is 4.72 Å². The molecule has 0 radical (unpaired) electrons. The third-order valence-electron chi connectivity index (χ3n) is 4.27. The highest BCUT2D eigenvalue weighted by atomic mass is 32.2. The Morgan fingerprint density at radius 1 is 1.22 bits per heavy atom. The number of nitrogens with zero attached hydrogens (tertiary/aromatic N) is 2.